The Morgan fingerprint density at radius 3 is 2.48 bits per heavy atom. The lowest BCUT2D eigenvalue weighted by Gasteiger charge is -2.09. The molecule has 1 N–H and O–H groups in total. The van der Waals surface area contributed by atoms with E-state index in [1.54, 1.807) is 12.1 Å². The molecule has 0 atom stereocenters. The first-order valence-electron chi connectivity index (χ1n) is 6.72. The first-order valence-corrected chi connectivity index (χ1v) is 7.70. The lowest BCUT2D eigenvalue weighted by atomic mass is 10.2. The molecule has 2 nitrogen and oxygen atoms in total. The number of nitrogens with one attached hydrogen (secondary N) is 1. The van der Waals surface area contributed by atoms with Crippen molar-refractivity contribution in [3.8, 4) is 0 Å². The van der Waals surface area contributed by atoms with Crippen LogP contribution in [0.15, 0.2) is 41.3 Å². The number of thioether (sulfide) groups is 1. The Kier molecular flexibility index (Phi) is 5.02. The molecule has 0 radical (unpaired) electrons. The van der Waals surface area contributed by atoms with Gasteiger partial charge in [-0.2, -0.15) is 0 Å². The van der Waals surface area contributed by atoms with E-state index in [4.69, 9.17) is 0 Å². The Labute approximate surface area is 128 Å². The minimum atomic E-state index is -0.403. The van der Waals surface area contributed by atoms with Crippen LogP contribution in [0.25, 0.3) is 0 Å². The molecular weight excluding hydrogens is 285 g/mol. The van der Waals surface area contributed by atoms with Gasteiger partial charge in [0.1, 0.15) is 5.82 Å². The zero-order valence-corrected chi connectivity index (χ0v) is 13.2. The molecule has 0 aliphatic heterocycles. The number of carbonyl (C=O) groups excluding carboxylic acids is 1. The Morgan fingerprint density at radius 2 is 1.76 bits per heavy atom. The van der Waals surface area contributed by atoms with Gasteiger partial charge in [0.15, 0.2) is 0 Å². The Hall–Kier alpha value is -1.81. The number of halogens is 1. The molecule has 0 spiro atoms. The van der Waals surface area contributed by atoms with E-state index in [1.165, 1.54) is 17.8 Å². The minimum Gasteiger partial charge on any atom is -0.323 e. The van der Waals surface area contributed by atoms with Gasteiger partial charge in [-0.25, -0.2) is 4.39 Å². The standard InChI is InChI=1S/C17H18FNOS/c1-11-5-7-15(14(18)8-11)19-17(20)10-21-16-9-12(2)4-6-13(16)3/h4-9H,10H2,1-3H3,(H,19,20). The maximum Gasteiger partial charge on any atom is 0.234 e. The number of hydrogen-bond donors (Lipinski definition) is 1. The van der Waals surface area contributed by atoms with Crippen LogP contribution in [0.5, 0.6) is 0 Å². The molecule has 0 heterocycles. The van der Waals surface area contributed by atoms with E-state index in [0.29, 0.717) is 0 Å². The van der Waals surface area contributed by atoms with Crippen LogP contribution in [0.3, 0.4) is 0 Å². The molecule has 0 aromatic heterocycles. The molecule has 2 aromatic carbocycles. The van der Waals surface area contributed by atoms with Gasteiger partial charge in [-0.15, -0.1) is 11.8 Å². The predicted molar refractivity (Wildman–Crippen MR) is 86.4 cm³/mol. The highest BCUT2D eigenvalue weighted by Crippen LogP contribution is 2.24. The van der Waals surface area contributed by atoms with Gasteiger partial charge in [-0.3, -0.25) is 4.79 Å². The molecule has 2 rings (SSSR count). The van der Waals surface area contributed by atoms with Crippen LogP contribution in [0, 0.1) is 26.6 Å². The van der Waals surface area contributed by atoms with Crippen molar-refractivity contribution >= 4 is 23.4 Å². The van der Waals surface area contributed by atoms with Gasteiger partial charge in [0.05, 0.1) is 11.4 Å². The summed E-state index contributed by atoms with van der Waals surface area (Å²) in [4.78, 5) is 13.0. The van der Waals surface area contributed by atoms with Crippen LogP contribution >= 0.6 is 11.8 Å². The second-order valence-electron chi connectivity index (χ2n) is 5.09. The molecule has 2 aromatic rings. The molecule has 0 saturated carbocycles. The van der Waals surface area contributed by atoms with Gasteiger partial charge >= 0.3 is 0 Å². The lowest BCUT2D eigenvalue weighted by Crippen LogP contribution is -2.15. The average molecular weight is 303 g/mol. The summed E-state index contributed by atoms with van der Waals surface area (Å²) in [7, 11) is 0. The molecular formula is C17H18FNOS. The highest BCUT2D eigenvalue weighted by molar-refractivity contribution is 8.00. The predicted octanol–water partition coefficient (Wildman–Crippen LogP) is 4.48. The van der Waals surface area contributed by atoms with Gasteiger partial charge in [0.25, 0.3) is 0 Å². The fourth-order valence-electron chi connectivity index (χ4n) is 1.91. The molecule has 110 valence electrons. The van der Waals surface area contributed by atoms with Crippen LogP contribution in [0.2, 0.25) is 0 Å². The lowest BCUT2D eigenvalue weighted by molar-refractivity contribution is -0.113. The molecule has 4 heteroatoms. The summed E-state index contributed by atoms with van der Waals surface area (Å²) < 4.78 is 13.7. The smallest absolute Gasteiger partial charge is 0.234 e. The van der Waals surface area contributed by atoms with Gasteiger partial charge < -0.3 is 5.32 Å². The van der Waals surface area contributed by atoms with Crippen molar-refractivity contribution in [1.29, 1.82) is 0 Å². The van der Waals surface area contributed by atoms with E-state index in [0.717, 1.165) is 21.6 Å². The molecule has 0 saturated heterocycles. The summed E-state index contributed by atoms with van der Waals surface area (Å²) in [5, 5.41) is 2.61. The average Bonchev–Trinajstić information content (AvgIpc) is 2.43. The van der Waals surface area contributed by atoms with Crippen molar-refractivity contribution in [3.05, 3.63) is 58.9 Å². The molecule has 1 amide bonds. The Bertz CT molecular complexity index is 670. The highest BCUT2D eigenvalue weighted by Gasteiger charge is 2.08. The summed E-state index contributed by atoms with van der Waals surface area (Å²) in [6.07, 6.45) is 0. The van der Waals surface area contributed by atoms with Gasteiger partial charge in [-0.05, 0) is 50.1 Å². The summed E-state index contributed by atoms with van der Waals surface area (Å²) in [6, 6.07) is 10.9. The zero-order valence-electron chi connectivity index (χ0n) is 12.4. The summed E-state index contributed by atoms with van der Waals surface area (Å²) in [5.41, 5.74) is 3.36. The number of hydrogen-bond acceptors (Lipinski definition) is 2. The highest BCUT2D eigenvalue weighted by atomic mass is 32.2. The van der Waals surface area contributed by atoms with Crippen molar-refractivity contribution < 1.29 is 9.18 Å². The van der Waals surface area contributed by atoms with Crippen molar-refractivity contribution in [1.82, 2.24) is 0 Å². The maximum atomic E-state index is 13.7. The second-order valence-corrected chi connectivity index (χ2v) is 6.11. The Balaban J connectivity index is 1.97. The number of carbonyl (C=O) groups is 1. The van der Waals surface area contributed by atoms with E-state index in [-0.39, 0.29) is 17.3 Å². The number of aryl methyl sites for hydroxylation is 3. The number of amides is 1. The third-order valence-corrected chi connectivity index (χ3v) is 4.26. The minimum absolute atomic E-state index is 0.205. The van der Waals surface area contributed by atoms with E-state index in [9.17, 15) is 9.18 Å². The molecule has 0 aliphatic rings. The monoisotopic (exact) mass is 303 g/mol. The third kappa shape index (κ3) is 4.33. The van der Waals surface area contributed by atoms with Crippen molar-refractivity contribution in [3.63, 3.8) is 0 Å². The fraction of sp³-hybridized carbons (Fsp3) is 0.235. The zero-order chi connectivity index (χ0) is 15.4. The van der Waals surface area contributed by atoms with Gasteiger partial charge in [-0.1, -0.05) is 23.8 Å². The molecule has 0 aliphatic carbocycles. The first kappa shape index (κ1) is 15.6. The van der Waals surface area contributed by atoms with Crippen molar-refractivity contribution in [2.45, 2.75) is 25.7 Å². The molecule has 0 unspecified atom stereocenters. The van der Waals surface area contributed by atoms with Crippen LogP contribution in [-0.2, 0) is 4.79 Å². The Morgan fingerprint density at radius 1 is 1.10 bits per heavy atom. The quantitative estimate of drug-likeness (QED) is 0.844. The van der Waals surface area contributed by atoms with E-state index < -0.39 is 5.82 Å². The maximum absolute atomic E-state index is 13.7. The number of anilines is 1. The third-order valence-electron chi connectivity index (χ3n) is 3.10. The van der Waals surface area contributed by atoms with E-state index >= 15 is 0 Å². The fourth-order valence-corrected chi connectivity index (χ4v) is 2.84. The van der Waals surface area contributed by atoms with Crippen LogP contribution < -0.4 is 5.32 Å². The molecule has 0 fully saturated rings. The normalized spacial score (nSPS) is 10.5. The SMILES string of the molecule is Cc1ccc(NC(=O)CSc2cc(C)ccc2C)c(F)c1. The van der Waals surface area contributed by atoms with Gasteiger partial charge in [0.2, 0.25) is 5.91 Å². The van der Waals surface area contributed by atoms with Crippen LogP contribution in [-0.4, -0.2) is 11.7 Å². The van der Waals surface area contributed by atoms with Gasteiger partial charge in [0, 0.05) is 4.90 Å². The van der Waals surface area contributed by atoms with Crippen molar-refractivity contribution in [2.24, 2.45) is 0 Å². The summed E-state index contributed by atoms with van der Waals surface area (Å²) in [5.74, 6) is -0.346. The second kappa shape index (κ2) is 6.76. The number of rotatable bonds is 4. The summed E-state index contributed by atoms with van der Waals surface area (Å²) in [6.45, 7) is 5.84. The first-order chi connectivity index (χ1) is 9.95. The topological polar surface area (TPSA) is 29.1 Å². The van der Waals surface area contributed by atoms with E-state index in [1.807, 2.05) is 32.9 Å². The molecule has 0 bridgehead atoms. The number of benzene rings is 2. The summed E-state index contributed by atoms with van der Waals surface area (Å²) >= 11 is 1.46. The van der Waals surface area contributed by atoms with E-state index in [2.05, 4.69) is 11.4 Å². The van der Waals surface area contributed by atoms with Crippen molar-refractivity contribution in [2.75, 3.05) is 11.1 Å². The van der Waals surface area contributed by atoms with Crippen LogP contribution in [0.4, 0.5) is 10.1 Å². The largest absolute Gasteiger partial charge is 0.323 e. The van der Waals surface area contributed by atoms with Crippen LogP contribution in [0.1, 0.15) is 16.7 Å². The molecule has 21 heavy (non-hydrogen) atoms.